The summed E-state index contributed by atoms with van der Waals surface area (Å²) >= 11 is 0. The zero-order chi connectivity index (χ0) is 18.0. The van der Waals surface area contributed by atoms with Crippen molar-refractivity contribution in [1.82, 2.24) is 10.2 Å². The molecule has 0 fully saturated rings. The standard InChI is InChI=1S/C9H20.C8H16N2O.C2H6/c1-5-7-8-9(3,4)6-2;1-4-9-7-5-6-8(11)10(2)3;1-2/h5-8H2,1-4H3;5-6,9H,4,7H2,1-3H3;1-2H3/b;6-5+;. The number of nitrogens with zero attached hydrogens (tertiary/aromatic N) is 1. The zero-order valence-corrected chi connectivity index (χ0v) is 16.8. The van der Waals surface area contributed by atoms with Gasteiger partial charge in [0.05, 0.1) is 0 Å². The molecule has 0 spiro atoms. The van der Waals surface area contributed by atoms with Crippen LogP contribution in [0.5, 0.6) is 0 Å². The van der Waals surface area contributed by atoms with Gasteiger partial charge in [-0.15, -0.1) is 0 Å². The summed E-state index contributed by atoms with van der Waals surface area (Å²) < 4.78 is 0. The third-order valence-corrected chi connectivity index (χ3v) is 3.38. The molecule has 134 valence electrons. The van der Waals surface area contributed by atoms with Gasteiger partial charge in [0.2, 0.25) is 5.91 Å². The molecule has 1 N–H and O–H groups in total. The summed E-state index contributed by atoms with van der Waals surface area (Å²) in [7, 11) is 3.47. The van der Waals surface area contributed by atoms with Crippen LogP contribution in [0.4, 0.5) is 0 Å². The van der Waals surface area contributed by atoms with Gasteiger partial charge in [-0.3, -0.25) is 4.79 Å². The van der Waals surface area contributed by atoms with E-state index in [1.165, 1.54) is 25.7 Å². The van der Waals surface area contributed by atoms with Crippen LogP contribution in [0.3, 0.4) is 0 Å². The smallest absolute Gasteiger partial charge is 0.245 e. The van der Waals surface area contributed by atoms with Crippen molar-refractivity contribution in [3.05, 3.63) is 12.2 Å². The predicted octanol–water partition coefficient (Wildman–Crippen LogP) is 4.88. The van der Waals surface area contributed by atoms with E-state index in [0.717, 1.165) is 13.1 Å². The van der Waals surface area contributed by atoms with Crippen LogP contribution < -0.4 is 5.32 Å². The molecule has 0 aliphatic carbocycles. The molecule has 3 nitrogen and oxygen atoms in total. The number of carbonyl (C=O) groups is 1. The summed E-state index contributed by atoms with van der Waals surface area (Å²) in [6, 6.07) is 0. The van der Waals surface area contributed by atoms with Crippen LogP contribution in [-0.2, 0) is 4.79 Å². The molecule has 0 saturated carbocycles. The van der Waals surface area contributed by atoms with Crippen LogP contribution in [0, 0.1) is 5.41 Å². The highest BCUT2D eigenvalue weighted by Gasteiger charge is 2.12. The number of hydrogen-bond donors (Lipinski definition) is 1. The quantitative estimate of drug-likeness (QED) is 0.511. The molecule has 22 heavy (non-hydrogen) atoms. The largest absolute Gasteiger partial charge is 0.345 e. The van der Waals surface area contributed by atoms with Gasteiger partial charge < -0.3 is 10.2 Å². The van der Waals surface area contributed by atoms with Gasteiger partial charge in [-0.05, 0) is 18.4 Å². The Hall–Kier alpha value is -0.830. The van der Waals surface area contributed by atoms with E-state index in [4.69, 9.17) is 0 Å². The second-order valence-electron chi connectivity index (χ2n) is 6.06. The normalized spacial score (nSPS) is 10.4. The molecule has 0 atom stereocenters. The molecule has 0 aromatic carbocycles. The lowest BCUT2D eigenvalue weighted by atomic mass is 9.85. The van der Waals surface area contributed by atoms with Crippen LogP contribution in [0.25, 0.3) is 0 Å². The molecule has 0 saturated heterocycles. The van der Waals surface area contributed by atoms with Gasteiger partial charge in [0.25, 0.3) is 0 Å². The van der Waals surface area contributed by atoms with Gasteiger partial charge in [0.15, 0.2) is 0 Å². The molecule has 3 heteroatoms. The van der Waals surface area contributed by atoms with Crippen molar-refractivity contribution in [3.63, 3.8) is 0 Å². The fourth-order valence-electron chi connectivity index (χ4n) is 1.37. The van der Waals surface area contributed by atoms with Gasteiger partial charge in [0, 0.05) is 26.7 Å². The molecule has 0 unspecified atom stereocenters. The molecule has 0 aromatic heterocycles. The number of unbranched alkanes of at least 4 members (excludes halogenated alkanes) is 1. The Morgan fingerprint density at radius 1 is 1.14 bits per heavy atom. The summed E-state index contributed by atoms with van der Waals surface area (Å²) in [5.74, 6) is 0.0305. The first kappa shape index (κ1) is 26.1. The second kappa shape index (κ2) is 18.2. The molecule has 0 aliphatic rings. The topological polar surface area (TPSA) is 32.3 Å². The number of likely N-dealkylation sites (N-methyl/N-ethyl adjacent to an activating group) is 2. The molecule has 0 heterocycles. The van der Waals surface area contributed by atoms with Gasteiger partial charge in [0.1, 0.15) is 0 Å². The van der Waals surface area contributed by atoms with Crippen molar-refractivity contribution in [2.75, 3.05) is 27.2 Å². The van der Waals surface area contributed by atoms with E-state index in [1.54, 1.807) is 25.1 Å². The maximum atomic E-state index is 10.9. The maximum absolute atomic E-state index is 10.9. The van der Waals surface area contributed by atoms with Crippen molar-refractivity contribution < 1.29 is 4.79 Å². The Morgan fingerprint density at radius 2 is 1.68 bits per heavy atom. The minimum absolute atomic E-state index is 0.0305. The highest BCUT2D eigenvalue weighted by Crippen LogP contribution is 2.26. The Morgan fingerprint density at radius 3 is 2.05 bits per heavy atom. The Bertz CT molecular complexity index is 258. The van der Waals surface area contributed by atoms with Crippen LogP contribution in [0.15, 0.2) is 12.2 Å². The maximum Gasteiger partial charge on any atom is 0.245 e. The number of carbonyl (C=O) groups excluding carboxylic acids is 1. The highest BCUT2D eigenvalue weighted by molar-refractivity contribution is 5.87. The molecule has 0 radical (unpaired) electrons. The fourth-order valence-corrected chi connectivity index (χ4v) is 1.37. The van der Waals surface area contributed by atoms with Crippen molar-refractivity contribution >= 4 is 5.91 Å². The molecule has 1 amide bonds. The second-order valence-corrected chi connectivity index (χ2v) is 6.06. The summed E-state index contributed by atoms with van der Waals surface area (Å²) in [6.45, 7) is 16.9. The van der Waals surface area contributed by atoms with Crippen LogP contribution >= 0.6 is 0 Å². The lowest BCUT2D eigenvalue weighted by Gasteiger charge is -2.21. The first-order valence-electron chi connectivity index (χ1n) is 8.89. The van der Waals surface area contributed by atoms with Gasteiger partial charge >= 0.3 is 0 Å². The summed E-state index contributed by atoms with van der Waals surface area (Å²) in [5, 5.41) is 3.08. The van der Waals surface area contributed by atoms with Crippen molar-refractivity contribution in [1.29, 1.82) is 0 Å². The lowest BCUT2D eigenvalue weighted by Crippen LogP contribution is -2.19. The zero-order valence-electron chi connectivity index (χ0n) is 16.8. The number of hydrogen-bond acceptors (Lipinski definition) is 2. The Kier molecular flexibility index (Phi) is 21.6. The number of nitrogens with one attached hydrogen (secondary N) is 1. The Labute approximate surface area is 140 Å². The monoisotopic (exact) mass is 314 g/mol. The van der Waals surface area contributed by atoms with Gasteiger partial charge in [-0.25, -0.2) is 0 Å². The first-order chi connectivity index (χ1) is 10.3. The average Bonchev–Trinajstić information content (AvgIpc) is 2.52. The van der Waals surface area contributed by atoms with E-state index in [0.29, 0.717) is 5.41 Å². The molecule has 0 bridgehead atoms. The van der Waals surface area contributed by atoms with Crippen LogP contribution in [0.1, 0.15) is 74.1 Å². The molecular formula is C19H42N2O. The van der Waals surface area contributed by atoms with Crippen molar-refractivity contribution in [2.45, 2.75) is 74.1 Å². The third kappa shape index (κ3) is 21.5. The SMILES string of the molecule is CC.CCCCC(C)(C)CC.CCNC/C=C/C(=O)N(C)C. The van der Waals surface area contributed by atoms with E-state index < -0.39 is 0 Å². The minimum Gasteiger partial charge on any atom is -0.345 e. The first-order valence-corrected chi connectivity index (χ1v) is 8.89. The molecular weight excluding hydrogens is 272 g/mol. The van der Waals surface area contributed by atoms with Crippen LogP contribution in [-0.4, -0.2) is 38.0 Å². The minimum atomic E-state index is 0.0305. The number of rotatable bonds is 8. The summed E-state index contributed by atoms with van der Waals surface area (Å²) in [6.07, 6.45) is 8.83. The molecule has 0 aliphatic heterocycles. The molecule has 0 aromatic rings. The van der Waals surface area contributed by atoms with E-state index in [-0.39, 0.29) is 5.91 Å². The molecule has 0 rings (SSSR count). The lowest BCUT2D eigenvalue weighted by molar-refractivity contribution is -0.123. The van der Waals surface area contributed by atoms with Crippen molar-refractivity contribution in [3.8, 4) is 0 Å². The Balaban J connectivity index is -0.000000299. The summed E-state index contributed by atoms with van der Waals surface area (Å²) in [4.78, 5) is 12.5. The summed E-state index contributed by atoms with van der Waals surface area (Å²) in [5.41, 5.74) is 0.593. The van der Waals surface area contributed by atoms with E-state index in [1.807, 2.05) is 26.8 Å². The van der Waals surface area contributed by atoms with Gasteiger partial charge in [-0.2, -0.15) is 0 Å². The van der Waals surface area contributed by atoms with E-state index in [2.05, 4.69) is 33.0 Å². The van der Waals surface area contributed by atoms with Gasteiger partial charge in [-0.1, -0.05) is 73.8 Å². The van der Waals surface area contributed by atoms with Crippen LogP contribution in [0.2, 0.25) is 0 Å². The highest BCUT2D eigenvalue weighted by atomic mass is 16.2. The average molecular weight is 315 g/mol. The van der Waals surface area contributed by atoms with E-state index >= 15 is 0 Å². The van der Waals surface area contributed by atoms with Crippen molar-refractivity contribution in [2.24, 2.45) is 5.41 Å². The fraction of sp³-hybridized carbons (Fsp3) is 0.842. The third-order valence-electron chi connectivity index (χ3n) is 3.38. The van der Waals surface area contributed by atoms with E-state index in [9.17, 15) is 4.79 Å². The number of amides is 1. The predicted molar refractivity (Wildman–Crippen MR) is 101 cm³/mol.